The van der Waals surface area contributed by atoms with Crippen LogP contribution >= 0.6 is 11.8 Å². The minimum Gasteiger partial charge on any atom is -0.327 e. The highest BCUT2D eigenvalue weighted by molar-refractivity contribution is 8.00. The summed E-state index contributed by atoms with van der Waals surface area (Å²) < 4.78 is 0. The molecule has 0 aromatic heterocycles. The second kappa shape index (κ2) is 5.41. The van der Waals surface area contributed by atoms with E-state index in [1.165, 1.54) is 57.8 Å². The molecule has 14 heavy (non-hydrogen) atoms. The number of hydrogen-bond acceptors (Lipinski definition) is 2. The molecular weight excluding hydrogens is 190 g/mol. The summed E-state index contributed by atoms with van der Waals surface area (Å²) in [6, 6.07) is 0.496. The highest BCUT2D eigenvalue weighted by Gasteiger charge is 2.26. The molecule has 1 nitrogen and oxygen atoms in total. The lowest BCUT2D eigenvalue weighted by Crippen LogP contribution is -2.36. The van der Waals surface area contributed by atoms with Gasteiger partial charge in [-0.15, -0.1) is 0 Å². The van der Waals surface area contributed by atoms with Crippen LogP contribution in [0.3, 0.4) is 0 Å². The van der Waals surface area contributed by atoms with Crippen LogP contribution < -0.4 is 5.73 Å². The van der Waals surface area contributed by atoms with Gasteiger partial charge in [0.25, 0.3) is 0 Å². The molecule has 0 spiro atoms. The Morgan fingerprint density at radius 3 is 2.14 bits per heavy atom. The van der Waals surface area contributed by atoms with Crippen LogP contribution in [0, 0.1) is 0 Å². The van der Waals surface area contributed by atoms with Gasteiger partial charge in [-0.25, -0.2) is 0 Å². The molecule has 2 rings (SSSR count). The molecule has 0 aliphatic heterocycles. The molecule has 0 amide bonds. The van der Waals surface area contributed by atoms with Crippen molar-refractivity contribution in [3.63, 3.8) is 0 Å². The Morgan fingerprint density at radius 2 is 1.43 bits per heavy atom. The fraction of sp³-hybridized carbons (Fsp3) is 1.00. The van der Waals surface area contributed by atoms with Gasteiger partial charge in [0.1, 0.15) is 0 Å². The van der Waals surface area contributed by atoms with Crippen molar-refractivity contribution >= 4 is 11.8 Å². The van der Waals surface area contributed by atoms with Gasteiger partial charge in [0.2, 0.25) is 0 Å². The molecule has 0 aromatic rings. The monoisotopic (exact) mass is 213 g/mol. The van der Waals surface area contributed by atoms with Gasteiger partial charge in [-0.2, -0.15) is 11.8 Å². The van der Waals surface area contributed by atoms with Gasteiger partial charge >= 0.3 is 0 Å². The third-order valence-corrected chi connectivity index (χ3v) is 5.46. The molecule has 0 unspecified atom stereocenters. The first-order valence-corrected chi connectivity index (χ1v) is 7.21. The largest absolute Gasteiger partial charge is 0.327 e. The van der Waals surface area contributed by atoms with E-state index < -0.39 is 0 Å². The molecular formula is C12H23NS. The van der Waals surface area contributed by atoms with E-state index in [1.807, 2.05) is 0 Å². The molecule has 2 heteroatoms. The van der Waals surface area contributed by atoms with Crippen molar-refractivity contribution in [2.45, 2.75) is 74.3 Å². The van der Waals surface area contributed by atoms with Gasteiger partial charge in [0, 0.05) is 16.5 Å². The van der Waals surface area contributed by atoms with E-state index >= 15 is 0 Å². The molecule has 2 aliphatic carbocycles. The van der Waals surface area contributed by atoms with E-state index in [0.717, 1.165) is 10.5 Å². The molecule has 2 fully saturated rings. The minimum absolute atomic E-state index is 0.496. The van der Waals surface area contributed by atoms with E-state index in [1.54, 1.807) is 0 Å². The summed E-state index contributed by atoms with van der Waals surface area (Å²) in [6.45, 7) is 0. The van der Waals surface area contributed by atoms with Gasteiger partial charge in [0.05, 0.1) is 0 Å². The topological polar surface area (TPSA) is 26.0 Å². The lowest BCUT2D eigenvalue weighted by molar-refractivity contribution is 0.447. The summed E-state index contributed by atoms with van der Waals surface area (Å²) in [4.78, 5) is 0. The Bertz CT molecular complexity index is 166. The van der Waals surface area contributed by atoms with Crippen molar-refractivity contribution in [1.82, 2.24) is 0 Å². The SMILES string of the molecule is N[C@@H]1CCCC[C@H]1SC1CCCCC1. The molecule has 0 radical (unpaired) electrons. The maximum atomic E-state index is 6.18. The van der Waals surface area contributed by atoms with Crippen molar-refractivity contribution in [2.75, 3.05) is 0 Å². The summed E-state index contributed by atoms with van der Waals surface area (Å²) in [5.74, 6) is 0. The normalized spacial score (nSPS) is 35.8. The second-order valence-electron chi connectivity index (χ2n) is 4.88. The second-order valence-corrected chi connectivity index (χ2v) is 6.43. The summed E-state index contributed by atoms with van der Waals surface area (Å²) in [5.41, 5.74) is 6.18. The van der Waals surface area contributed by atoms with Crippen molar-refractivity contribution in [1.29, 1.82) is 0 Å². The quantitative estimate of drug-likeness (QED) is 0.761. The molecule has 2 atom stereocenters. The number of rotatable bonds is 2. The van der Waals surface area contributed by atoms with Crippen LogP contribution in [-0.2, 0) is 0 Å². The molecule has 2 N–H and O–H groups in total. The molecule has 2 saturated carbocycles. The van der Waals surface area contributed by atoms with E-state index in [9.17, 15) is 0 Å². The maximum Gasteiger partial charge on any atom is 0.0201 e. The van der Waals surface area contributed by atoms with E-state index in [0.29, 0.717) is 6.04 Å². The average molecular weight is 213 g/mol. The first-order chi connectivity index (χ1) is 6.86. The molecule has 0 saturated heterocycles. The third kappa shape index (κ3) is 2.90. The first kappa shape index (κ1) is 10.8. The van der Waals surface area contributed by atoms with Gasteiger partial charge in [-0.3, -0.25) is 0 Å². The average Bonchev–Trinajstić information content (AvgIpc) is 2.23. The summed E-state index contributed by atoms with van der Waals surface area (Å²) in [7, 11) is 0. The molecule has 82 valence electrons. The van der Waals surface area contributed by atoms with Crippen molar-refractivity contribution in [3.05, 3.63) is 0 Å². The Labute approximate surface area is 92.2 Å². The fourth-order valence-electron chi connectivity index (χ4n) is 2.74. The van der Waals surface area contributed by atoms with Crippen LogP contribution in [0.25, 0.3) is 0 Å². The maximum absolute atomic E-state index is 6.18. The van der Waals surface area contributed by atoms with E-state index in [-0.39, 0.29) is 0 Å². The van der Waals surface area contributed by atoms with E-state index in [4.69, 9.17) is 5.73 Å². The van der Waals surface area contributed by atoms with Gasteiger partial charge < -0.3 is 5.73 Å². The Balaban J connectivity index is 1.76. The van der Waals surface area contributed by atoms with Crippen molar-refractivity contribution in [2.24, 2.45) is 5.73 Å². The van der Waals surface area contributed by atoms with Crippen LogP contribution in [0.1, 0.15) is 57.8 Å². The zero-order valence-electron chi connectivity index (χ0n) is 9.08. The Kier molecular flexibility index (Phi) is 4.18. The zero-order valence-corrected chi connectivity index (χ0v) is 9.90. The predicted molar refractivity (Wildman–Crippen MR) is 64.7 cm³/mol. The smallest absolute Gasteiger partial charge is 0.0201 e. The Morgan fingerprint density at radius 1 is 0.786 bits per heavy atom. The van der Waals surface area contributed by atoms with Crippen LogP contribution in [-0.4, -0.2) is 16.5 Å². The molecule has 0 aromatic carbocycles. The number of thioether (sulfide) groups is 1. The number of nitrogens with two attached hydrogens (primary N) is 1. The predicted octanol–water partition coefficient (Wildman–Crippen LogP) is 3.32. The highest BCUT2D eigenvalue weighted by atomic mass is 32.2. The molecule has 0 bridgehead atoms. The summed E-state index contributed by atoms with van der Waals surface area (Å²) in [5, 5.41) is 1.73. The summed E-state index contributed by atoms with van der Waals surface area (Å²) in [6.07, 6.45) is 12.7. The van der Waals surface area contributed by atoms with Gasteiger partial charge in [-0.1, -0.05) is 32.1 Å². The first-order valence-electron chi connectivity index (χ1n) is 6.27. The lowest BCUT2D eigenvalue weighted by Gasteiger charge is -2.32. The van der Waals surface area contributed by atoms with Crippen molar-refractivity contribution in [3.8, 4) is 0 Å². The lowest BCUT2D eigenvalue weighted by atomic mass is 9.96. The zero-order chi connectivity index (χ0) is 9.80. The van der Waals surface area contributed by atoms with Crippen LogP contribution in [0.4, 0.5) is 0 Å². The van der Waals surface area contributed by atoms with E-state index in [2.05, 4.69) is 11.8 Å². The molecule has 2 aliphatic rings. The Hall–Kier alpha value is 0.310. The highest BCUT2D eigenvalue weighted by Crippen LogP contribution is 2.36. The summed E-state index contributed by atoms with van der Waals surface area (Å²) >= 11 is 2.22. The third-order valence-electron chi connectivity index (χ3n) is 3.67. The number of hydrogen-bond donors (Lipinski definition) is 1. The molecule has 0 heterocycles. The van der Waals surface area contributed by atoms with Crippen LogP contribution in [0.5, 0.6) is 0 Å². The minimum atomic E-state index is 0.496. The standard InChI is InChI=1S/C12H23NS/c13-11-8-4-5-9-12(11)14-10-6-2-1-3-7-10/h10-12H,1-9,13H2/t11-,12-/m1/s1. The van der Waals surface area contributed by atoms with Crippen LogP contribution in [0.15, 0.2) is 0 Å². The van der Waals surface area contributed by atoms with Gasteiger partial charge in [-0.05, 0) is 25.7 Å². The van der Waals surface area contributed by atoms with Crippen molar-refractivity contribution < 1.29 is 0 Å². The van der Waals surface area contributed by atoms with Gasteiger partial charge in [0.15, 0.2) is 0 Å². The fourth-order valence-corrected chi connectivity index (χ4v) is 4.48. The van der Waals surface area contributed by atoms with Crippen LogP contribution in [0.2, 0.25) is 0 Å².